The number of pyridine rings is 1. The number of piperidine rings is 1. The molecule has 1 aromatic heterocycles. The van der Waals surface area contributed by atoms with Crippen molar-refractivity contribution in [3.8, 4) is 0 Å². The van der Waals surface area contributed by atoms with E-state index in [1.54, 1.807) is 6.20 Å². The van der Waals surface area contributed by atoms with Gasteiger partial charge in [-0.2, -0.15) is 0 Å². The lowest BCUT2D eigenvalue weighted by Gasteiger charge is -2.29. The number of hydrogen-bond donors (Lipinski definition) is 1. The zero-order valence-electron chi connectivity index (χ0n) is 13.6. The molecule has 1 aromatic rings. The first kappa shape index (κ1) is 18.9. The van der Waals surface area contributed by atoms with Crippen LogP contribution in [0.1, 0.15) is 31.9 Å². The van der Waals surface area contributed by atoms with Gasteiger partial charge in [0.15, 0.2) is 0 Å². The molecule has 22 heavy (non-hydrogen) atoms. The molecule has 1 aliphatic rings. The second-order valence-corrected chi connectivity index (χ2v) is 6.17. The van der Waals surface area contributed by atoms with E-state index >= 15 is 0 Å². The highest BCUT2D eigenvalue weighted by atomic mass is 35.5. The van der Waals surface area contributed by atoms with Crippen LogP contribution in [0.5, 0.6) is 0 Å². The van der Waals surface area contributed by atoms with E-state index in [4.69, 9.17) is 0 Å². The van der Waals surface area contributed by atoms with Crippen molar-refractivity contribution in [2.75, 3.05) is 26.7 Å². The summed E-state index contributed by atoms with van der Waals surface area (Å²) in [6.45, 7) is 5.14. The molecule has 2 unspecified atom stereocenters. The summed E-state index contributed by atoms with van der Waals surface area (Å²) in [7, 11) is 1.90. The van der Waals surface area contributed by atoms with Crippen LogP contribution in [0.25, 0.3) is 0 Å². The number of halogens is 1. The van der Waals surface area contributed by atoms with E-state index < -0.39 is 0 Å². The Bertz CT molecular complexity index is 435. The molecular formula is C17H28ClN3O. The molecule has 0 bridgehead atoms. The molecule has 124 valence electrons. The minimum atomic E-state index is 0. The second kappa shape index (κ2) is 9.80. The highest BCUT2D eigenvalue weighted by Gasteiger charge is 2.23. The standard InChI is InChI=1S/C17H27N3O.ClH/c1-14(15-6-5-9-18-13-15)12-17(21)20(2)11-8-16-7-3-4-10-19-16;/h3-4,7,10,14-15,18H,5-6,8-9,11-13H2,1-2H3;1H. The molecule has 2 heterocycles. The van der Waals surface area contributed by atoms with Gasteiger partial charge in [-0.3, -0.25) is 9.78 Å². The number of amides is 1. The van der Waals surface area contributed by atoms with Crippen molar-refractivity contribution in [1.29, 1.82) is 0 Å². The molecule has 1 fully saturated rings. The quantitative estimate of drug-likeness (QED) is 0.874. The molecule has 2 atom stereocenters. The minimum Gasteiger partial charge on any atom is -0.345 e. The van der Waals surface area contributed by atoms with E-state index in [0.29, 0.717) is 18.3 Å². The molecule has 1 amide bonds. The van der Waals surface area contributed by atoms with Crippen molar-refractivity contribution in [3.63, 3.8) is 0 Å². The van der Waals surface area contributed by atoms with E-state index in [-0.39, 0.29) is 18.3 Å². The predicted molar refractivity (Wildman–Crippen MR) is 92.2 cm³/mol. The highest BCUT2D eigenvalue weighted by molar-refractivity contribution is 5.85. The number of nitrogens with zero attached hydrogens (tertiary/aromatic N) is 2. The lowest BCUT2D eigenvalue weighted by atomic mass is 9.85. The monoisotopic (exact) mass is 325 g/mol. The van der Waals surface area contributed by atoms with Gasteiger partial charge in [0.05, 0.1) is 0 Å². The fourth-order valence-electron chi connectivity index (χ4n) is 2.92. The van der Waals surface area contributed by atoms with Gasteiger partial charge in [0.2, 0.25) is 5.91 Å². The van der Waals surface area contributed by atoms with Crippen molar-refractivity contribution in [1.82, 2.24) is 15.2 Å². The summed E-state index contributed by atoms with van der Waals surface area (Å²) in [6, 6.07) is 5.91. The van der Waals surface area contributed by atoms with Gasteiger partial charge in [0.25, 0.3) is 0 Å². The van der Waals surface area contributed by atoms with Gasteiger partial charge >= 0.3 is 0 Å². The Labute approximate surface area is 140 Å². The van der Waals surface area contributed by atoms with Gasteiger partial charge in [-0.05, 0) is 49.9 Å². The van der Waals surface area contributed by atoms with E-state index in [1.807, 2.05) is 30.1 Å². The Morgan fingerprint density at radius 2 is 2.32 bits per heavy atom. The third-order valence-corrected chi connectivity index (χ3v) is 4.49. The van der Waals surface area contributed by atoms with Crippen molar-refractivity contribution in [2.45, 2.75) is 32.6 Å². The summed E-state index contributed by atoms with van der Waals surface area (Å²) in [4.78, 5) is 18.4. The molecule has 0 saturated carbocycles. The van der Waals surface area contributed by atoms with Crippen molar-refractivity contribution in [3.05, 3.63) is 30.1 Å². The summed E-state index contributed by atoms with van der Waals surface area (Å²) in [5, 5.41) is 3.43. The van der Waals surface area contributed by atoms with Crippen LogP contribution in [-0.4, -0.2) is 42.5 Å². The lowest BCUT2D eigenvalue weighted by molar-refractivity contribution is -0.131. The van der Waals surface area contributed by atoms with Crippen LogP contribution in [0.3, 0.4) is 0 Å². The number of carbonyl (C=O) groups excluding carboxylic acids is 1. The maximum Gasteiger partial charge on any atom is 0.222 e. The van der Waals surface area contributed by atoms with Gasteiger partial charge in [0, 0.05) is 38.3 Å². The van der Waals surface area contributed by atoms with Crippen LogP contribution < -0.4 is 5.32 Å². The number of likely N-dealkylation sites (N-methyl/N-ethyl adjacent to an activating group) is 1. The average Bonchev–Trinajstić information content (AvgIpc) is 2.54. The van der Waals surface area contributed by atoms with Crippen LogP contribution in [-0.2, 0) is 11.2 Å². The molecule has 1 saturated heterocycles. The molecule has 5 heteroatoms. The minimum absolute atomic E-state index is 0. The van der Waals surface area contributed by atoms with Crippen molar-refractivity contribution < 1.29 is 4.79 Å². The Kier molecular flexibility index (Phi) is 8.43. The summed E-state index contributed by atoms with van der Waals surface area (Å²) >= 11 is 0. The Balaban J connectivity index is 0.00000242. The van der Waals surface area contributed by atoms with Crippen LogP contribution >= 0.6 is 12.4 Å². The van der Waals surface area contributed by atoms with E-state index in [0.717, 1.165) is 31.7 Å². The second-order valence-electron chi connectivity index (χ2n) is 6.17. The zero-order chi connectivity index (χ0) is 15.1. The lowest BCUT2D eigenvalue weighted by Crippen LogP contribution is -2.36. The van der Waals surface area contributed by atoms with Gasteiger partial charge in [-0.15, -0.1) is 12.4 Å². The normalized spacial score (nSPS) is 19.1. The molecule has 1 N–H and O–H groups in total. The summed E-state index contributed by atoms with van der Waals surface area (Å²) in [5.74, 6) is 1.36. The number of nitrogens with one attached hydrogen (secondary N) is 1. The van der Waals surface area contributed by atoms with Crippen LogP contribution in [0, 0.1) is 11.8 Å². The van der Waals surface area contributed by atoms with Gasteiger partial charge in [-0.25, -0.2) is 0 Å². The third kappa shape index (κ3) is 5.93. The summed E-state index contributed by atoms with van der Waals surface area (Å²) in [5.41, 5.74) is 1.04. The first-order valence-electron chi connectivity index (χ1n) is 8.01. The van der Waals surface area contributed by atoms with Gasteiger partial charge in [0.1, 0.15) is 0 Å². The molecule has 1 aliphatic heterocycles. The molecule has 2 rings (SSSR count). The Morgan fingerprint density at radius 1 is 1.50 bits per heavy atom. The topological polar surface area (TPSA) is 45.2 Å². The van der Waals surface area contributed by atoms with Crippen molar-refractivity contribution >= 4 is 18.3 Å². The third-order valence-electron chi connectivity index (χ3n) is 4.49. The van der Waals surface area contributed by atoms with E-state index in [9.17, 15) is 4.79 Å². The van der Waals surface area contributed by atoms with Crippen molar-refractivity contribution in [2.24, 2.45) is 11.8 Å². The molecule has 0 aliphatic carbocycles. The molecule has 0 aromatic carbocycles. The summed E-state index contributed by atoms with van der Waals surface area (Å²) in [6.07, 6.45) is 5.76. The average molecular weight is 326 g/mol. The van der Waals surface area contributed by atoms with E-state index in [1.165, 1.54) is 12.8 Å². The Hall–Kier alpha value is -1.13. The fourth-order valence-corrected chi connectivity index (χ4v) is 2.92. The zero-order valence-corrected chi connectivity index (χ0v) is 14.4. The first-order valence-corrected chi connectivity index (χ1v) is 8.01. The van der Waals surface area contributed by atoms with Crippen LogP contribution in [0.4, 0.5) is 0 Å². The molecule has 0 spiro atoms. The summed E-state index contributed by atoms with van der Waals surface area (Å²) < 4.78 is 0. The number of aromatic nitrogens is 1. The predicted octanol–water partition coefficient (Wildman–Crippen LogP) is 2.53. The van der Waals surface area contributed by atoms with Crippen LogP contribution in [0.15, 0.2) is 24.4 Å². The molecule has 4 nitrogen and oxygen atoms in total. The van der Waals surface area contributed by atoms with E-state index in [2.05, 4.69) is 17.2 Å². The Morgan fingerprint density at radius 3 is 2.95 bits per heavy atom. The van der Waals surface area contributed by atoms with Gasteiger partial charge < -0.3 is 10.2 Å². The smallest absolute Gasteiger partial charge is 0.222 e. The first-order chi connectivity index (χ1) is 10.2. The maximum atomic E-state index is 12.3. The molecular weight excluding hydrogens is 298 g/mol. The number of hydrogen-bond acceptors (Lipinski definition) is 3. The maximum absolute atomic E-state index is 12.3. The fraction of sp³-hybridized carbons (Fsp3) is 0.647. The SMILES string of the molecule is CC(CC(=O)N(C)CCc1ccccn1)C1CCCNC1.Cl. The van der Waals surface area contributed by atoms with Crippen LogP contribution in [0.2, 0.25) is 0 Å². The molecule has 0 radical (unpaired) electrons. The van der Waals surface area contributed by atoms with Gasteiger partial charge in [-0.1, -0.05) is 13.0 Å². The highest BCUT2D eigenvalue weighted by Crippen LogP contribution is 2.23. The largest absolute Gasteiger partial charge is 0.345 e. The number of rotatable bonds is 6. The number of carbonyl (C=O) groups is 1.